The molecule has 1 rings (SSSR count). The van der Waals surface area contributed by atoms with Gasteiger partial charge >= 0.3 is 5.97 Å². The van der Waals surface area contributed by atoms with E-state index < -0.39 is 10.9 Å². The molecule has 8 nitrogen and oxygen atoms in total. The number of carbonyl (C=O) groups is 1. The van der Waals surface area contributed by atoms with Gasteiger partial charge in [0, 0.05) is 25.2 Å². The Bertz CT molecular complexity index is 623. The molecule has 0 amide bonds. The van der Waals surface area contributed by atoms with Crippen LogP contribution in [0.3, 0.4) is 0 Å². The van der Waals surface area contributed by atoms with Crippen LogP contribution in [0, 0.1) is 10.1 Å². The molecule has 0 aliphatic heterocycles. The van der Waals surface area contributed by atoms with E-state index in [1.165, 1.54) is 25.3 Å². The van der Waals surface area contributed by atoms with Crippen LogP contribution in [0.25, 0.3) is 6.08 Å². The summed E-state index contributed by atoms with van der Waals surface area (Å²) in [7, 11) is 1.27. The summed E-state index contributed by atoms with van der Waals surface area (Å²) in [5.41, 5.74) is 0.684. The van der Waals surface area contributed by atoms with Gasteiger partial charge in [0.25, 0.3) is 5.69 Å². The quantitative estimate of drug-likeness (QED) is 0.176. The van der Waals surface area contributed by atoms with Crippen molar-refractivity contribution in [3.8, 4) is 0 Å². The largest absolute Gasteiger partial charge is 0.466 e. The van der Waals surface area contributed by atoms with Crippen molar-refractivity contribution in [3.63, 3.8) is 0 Å². The van der Waals surface area contributed by atoms with Gasteiger partial charge in [0.2, 0.25) is 0 Å². The number of rotatable bonds is 9. The van der Waals surface area contributed by atoms with E-state index in [1.807, 2.05) is 20.8 Å². The standard InChI is InChI=1S/C17H25N3O5/c1-17(2,3)25-12-18-9-10-19-14-7-5-13(6-8-16(21)24-4)11-15(14)20(22)23/h5-8,11,18-19H,9-10,12H2,1-4H3. The lowest BCUT2D eigenvalue weighted by molar-refractivity contribution is -0.384. The number of nitro groups is 1. The van der Waals surface area contributed by atoms with E-state index in [9.17, 15) is 14.9 Å². The first-order chi connectivity index (χ1) is 11.7. The minimum Gasteiger partial charge on any atom is -0.466 e. The number of nitrogens with zero attached hydrogens (tertiary/aromatic N) is 1. The van der Waals surface area contributed by atoms with Crippen molar-refractivity contribution in [1.82, 2.24) is 5.32 Å². The first-order valence-corrected chi connectivity index (χ1v) is 7.86. The van der Waals surface area contributed by atoms with E-state index in [0.29, 0.717) is 31.1 Å². The first kappa shape index (κ1) is 20.6. The van der Waals surface area contributed by atoms with E-state index in [1.54, 1.807) is 12.1 Å². The zero-order valence-corrected chi connectivity index (χ0v) is 15.0. The zero-order chi connectivity index (χ0) is 18.9. The number of anilines is 1. The zero-order valence-electron chi connectivity index (χ0n) is 15.0. The molecule has 0 fully saturated rings. The Morgan fingerprint density at radius 1 is 1.32 bits per heavy atom. The Hall–Kier alpha value is -2.45. The summed E-state index contributed by atoms with van der Waals surface area (Å²) in [5, 5.41) is 17.3. The molecule has 8 heteroatoms. The number of benzene rings is 1. The Kier molecular flexibility index (Phi) is 8.03. The smallest absolute Gasteiger partial charge is 0.330 e. The molecule has 25 heavy (non-hydrogen) atoms. The lowest BCUT2D eigenvalue weighted by Crippen LogP contribution is -2.30. The van der Waals surface area contributed by atoms with Gasteiger partial charge in [-0.15, -0.1) is 0 Å². The normalized spacial score (nSPS) is 11.5. The van der Waals surface area contributed by atoms with Crippen LogP contribution in [0.5, 0.6) is 0 Å². The van der Waals surface area contributed by atoms with E-state index in [2.05, 4.69) is 15.4 Å². The van der Waals surface area contributed by atoms with E-state index in [-0.39, 0.29) is 11.3 Å². The van der Waals surface area contributed by atoms with Crippen molar-refractivity contribution < 1.29 is 19.2 Å². The van der Waals surface area contributed by atoms with Crippen molar-refractivity contribution >= 4 is 23.4 Å². The van der Waals surface area contributed by atoms with Crippen molar-refractivity contribution in [1.29, 1.82) is 0 Å². The molecule has 1 aromatic rings. The predicted octanol–water partition coefficient (Wildman–Crippen LogP) is 2.56. The molecule has 0 saturated heterocycles. The first-order valence-electron chi connectivity index (χ1n) is 7.86. The third kappa shape index (κ3) is 8.27. The van der Waals surface area contributed by atoms with Gasteiger partial charge in [-0.1, -0.05) is 6.07 Å². The van der Waals surface area contributed by atoms with Gasteiger partial charge in [0.05, 0.1) is 24.4 Å². The van der Waals surface area contributed by atoms with Crippen molar-refractivity contribution in [2.24, 2.45) is 0 Å². The van der Waals surface area contributed by atoms with E-state index in [0.717, 1.165) is 0 Å². The summed E-state index contributed by atoms with van der Waals surface area (Å²) in [6, 6.07) is 4.70. The van der Waals surface area contributed by atoms with Crippen molar-refractivity contribution in [2.45, 2.75) is 26.4 Å². The third-order valence-electron chi connectivity index (χ3n) is 3.06. The molecule has 0 saturated carbocycles. The molecular weight excluding hydrogens is 326 g/mol. The van der Waals surface area contributed by atoms with Crippen LogP contribution >= 0.6 is 0 Å². The molecule has 0 aromatic heterocycles. The Labute approximate surface area is 147 Å². The number of esters is 1. The van der Waals surface area contributed by atoms with Gasteiger partial charge in [0.1, 0.15) is 5.69 Å². The maximum Gasteiger partial charge on any atom is 0.330 e. The van der Waals surface area contributed by atoms with Crippen molar-refractivity contribution in [2.75, 3.05) is 32.2 Å². The molecule has 0 spiro atoms. The van der Waals surface area contributed by atoms with Crippen LogP contribution in [-0.4, -0.2) is 43.4 Å². The number of ether oxygens (including phenoxy) is 2. The fourth-order valence-corrected chi connectivity index (χ4v) is 1.81. The van der Waals surface area contributed by atoms with Crippen LogP contribution in [-0.2, 0) is 14.3 Å². The van der Waals surface area contributed by atoms with Crippen LogP contribution < -0.4 is 10.6 Å². The van der Waals surface area contributed by atoms with Gasteiger partial charge < -0.3 is 14.8 Å². The van der Waals surface area contributed by atoms with E-state index >= 15 is 0 Å². The van der Waals surface area contributed by atoms with Crippen LogP contribution in [0.4, 0.5) is 11.4 Å². The molecule has 0 bridgehead atoms. The number of methoxy groups -OCH3 is 1. The van der Waals surface area contributed by atoms with Crippen LogP contribution in [0.1, 0.15) is 26.3 Å². The van der Waals surface area contributed by atoms with Gasteiger partial charge in [-0.05, 0) is 38.5 Å². The molecule has 0 heterocycles. The minimum atomic E-state index is -0.520. The van der Waals surface area contributed by atoms with Crippen LogP contribution in [0.2, 0.25) is 0 Å². The Balaban J connectivity index is 2.60. The highest BCUT2D eigenvalue weighted by atomic mass is 16.6. The number of hydrogen-bond acceptors (Lipinski definition) is 7. The number of nitro benzene ring substituents is 1. The van der Waals surface area contributed by atoms with Gasteiger partial charge in [-0.3, -0.25) is 15.4 Å². The average molecular weight is 351 g/mol. The second-order valence-corrected chi connectivity index (χ2v) is 6.22. The Morgan fingerprint density at radius 2 is 2.04 bits per heavy atom. The molecule has 2 N–H and O–H groups in total. The van der Waals surface area contributed by atoms with Crippen molar-refractivity contribution in [3.05, 3.63) is 40.0 Å². The lowest BCUT2D eigenvalue weighted by Gasteiger charge is -2.19. The SMILES string of the molecule is COC(=O)C=Cc1ccc(NCCNCOC(C)(C)C)c([N+](=O)[O-])c1. The minimum absolute atomic E-state index is 0.0574. The molecule has 0 radical (unpaired) electrons. The second kappa shape index (κ2) is 9.75. The summed E-state index contributed by atoms with van der Waals surface area (Å²) < 4.78 is 10.0. The lowest BCUT2D eigenvalue weighted by atomic mass is 10.1. The molecule has 1 aromatic carbocycles. The topological polar surface area (TPSA) is 103 Å². The van der Waals surface area contributed by atoms with Gasteiger partial charge in [-0.2, -0.15) is 0 Å². The number of hydrogen-bond donors (Lipinski definition) is 2. The molecule has 0 aliphatic carbocycles. The second-order valence-electron chi connectivity index (χ2n) is 6.22. The molecule has 0 unspecified atom stereocenters. The Morgan fingerprint density at radius 3 is 2.64 bits per heavy atom. The molecule has 0 atom stereocenters. The number of nitrogens with one attached hydrogen (secondary N) is 2. The highest BCUT2D eigenvalue weighted by molar-refractivity contribution is 5.87. The molecule has 138 valence electrons. The monoisotopic (exact) mass is 351 g/mol. The van der Waals surface area contributed by atoms with Crippen LogP contribution in [0.15, 0.2) is 24.3 Å². The highest BCUT2D eigenvalue weighted by Crippen LogP contribution is 2.25. The van der Waals surface area contributed by atoms with Gasteiger partial charge in [0.15, 0.2) is 0 Å². The molecule has 0 aliphatic rings. The summed E-state index contributed by atoms with van der Waals surface area (Å²) in [6.45, 7) is 7.40. The predicted molar refractivity (Wildman–Crippen MR) is 96.3 cm³/mol. The summed E-state index contributed by atoms with van der Waals surface area (Å²) in [6.07, 6.45) is 2.68. The fraction of sp³-hybridized carbons (Fsp3) is 0.471. The fourth-order valence-electron chi connectivity index (χ4n) is 1.81. The molecular formula is C17H25N3O5. The van der Waals surface area contributed by atoms with E-state index in [4.69, 9.17) is 4.74 Å². The maximum atomic E-state index is 11.2. The number of carbonyl (C=O) groups excluding carboxylic acids is 1. The highest BCUT2D eigenvalue weighted by Gasteiger charge is 2.14. The van der Waals surface area contributed by atoms with Gasteiger partial charge in [-0.25, -0.2) is 4.79 Å². The average Bonchev–Trinajstić information content (AvgIpc) is 2.55. The summed E-state index contributed by atoms with van der Waals surface area (Å²) in [4.78, 5) is 21.9. The summed E-state index contributed by atoms with van der Waals surface area (Å²) in [5.74, 6) is -0.520. The summed E-state index contributed by atoms with van der Waals surface area (Å²) >= 11 is 0. The maximum absolute atomic E-state index is 11.2. The third-order valence-corrected chi connectivity index (χ3v) is 3.06.